The Morgan fingerprint density at radius 3 is 2.27 bits per heavy atom. The van der Waals surface area contributed by atoms with Crippen molar-refractivity contribution < 1.29 is 21.9 Å². The van der Waals surface area contributed by atoms with E-state index in [0.29, 0.717) is 0 Å². The molecule has 142 valence electrons. The summed E-state index contributed by atoms with van der Waals surface area (Å²) in [6.07, 6.45) is 0. The van der Waals surface area contributed by atoms with Crippen LogP contribution in [0.25, 0.3) is 0 Å². The van der Waals surface area contributed by atoms with Gasteiger partial charge in [0.15, 0.2) is 6.73 Å². The SMILES string of the molecule is CCN(CC)c1ccc(NC(=O)NCOc2ccc(C)cc2)c(C)c1.[Cl-]. The zero-order chi connectivity index (χ0) is 18.2. The zero-order valence-electron chi connectivity index (χ0n) is 15.8. The molecule has 2 rings (SSSR count). The maximum absolute atomic E-state index is 12.0. The molecule has 0 heterocycles. The van der Waals surface area contributed by atoms with Crippen LogP contribution in [0.1, 0.15) is 25.0 Å². The Morgan fingerprint density at radius 1 is 1.04 bits per heavy atom. The van der Waals surface area contributed by atoms with Crippen LogP contribution in [0, 0.1) is 13.8 Å². The van der Waals surface area contributed by atoms with Crippen LogP contribution in [0.15, 0.2) is 42.5 Å². The molecule has 26 heavy (non-hydrogen) atoms. The van der Waals surface area contributed by atoms with Crippen LogP contribution >= 0.6 is 0 Å². The fourth-order valence-electron chi connectivity index (χ4n) is 2.56. The highest BCUT2D eigenvalue weighted by Crippen LogP contribution is 2.22. The smallest absolute Gasteiger partial charge is 0.321 e. The van der Waals surface area contributed by atoms with Crippen LogP contribution in [-0.4, -0.2) is 25.9 Å². The van der Waals surface area contributed by atoms with Crippen LogP contribution in [0.5, 0.6) is 5.75 Å². The van der Waals surface area contributed by atoms with Crippen LogP contribution in [0.3, 0.4) is 0 Å². The number of halogens is 1. The standard InChI is InChI=1S/C20H27N3O2.ClH/c1-5-23(6-2)17-9-12-19(16(4)13-17)22-20(24)21-14-25-18-10-7-15(3)8-11-18;/h7-13H,5-6,14H2,1-4H3,(H2,21,22,24);1H/p-1. The van der Waals surface area contributed by atoms with Crippen molar-refractivity contribution >= 4 is 17.4 Å². The second-order valence-corrected chi connectivity index (χ2v) is 5.90. The molecule has 0 saturated carbocycles. The normalized spacial score (nSPS) is 9.85. The zero-order valence-corrected chi connectivity index (χ0v) is 16.6. The van der Waals surface area contributed by atoms with E-state index in [0.717, 1.165) is 35.8 Å². The summed E-state index contributed by atoms with van der Waals surface area (Å²) in [4.78, 5) is 14.3. The molecule has 0 aromatic heterocycles. The summed E-state index contributed by atoms with van der Waals surface area (Å²) in [7, 11) is 0. The lowest BCUT2D eigenvalue weighted by Gasteiger charge is -2.22. The molecule has 2 amide bonds. The number of anilines is 2. The van der Waals surface area contributed by atoms with E-state index in [1.807, 2.05) is 50.2 Å². The van der Waals surface area contributed by atoms with Crippen molar-refractivity contribution in [2.75, 3.05) is 30.0 Å². The molecule has 6 heteroatoms. The molecule has 0 radical (unpaired) electrons. The average molecular weight is 377 g/mol. The molecule has 0 saturated heterocycles. The minimum Gasteiger partial charge on any atom is -1.00 e. The van der Waals surface area contributed by atoms with Crippen molar-refractivity contribution in [3.8, 4) is 5.75 Å². The molecule has 2 aromatic carbocycles. The Hall–Kier alpha value is -2.40. The van der Waals surface area contributed by atoms with Gasteiger partial charge in [0.05, 0.1) is 0 Å². The van der Waals surface area contributed by atoms with Gasteiger partial charge in [-0.25, -0.2) is 4.79 Å². The molecule has 0 fully saturated rings. The summed E-state index contributed by atoms with van der Waals surface area (Å²) in [6, 6.07) is 13.5. The summed E-state index contributed by atoms with van der Waals surface area (Å²) in [5.74, 6) is 0.727. The summed E-state index contributed by atoms with van der Waals surface area (Å²) < 4.78 is 5.50. The van der Waals surface area contributed by atoms with Gasteiger partial charge in [-0.2, -0.15) is 0 Å². The van der Waals surface area contributed by atoms with Gasteiger partial charge in [0.2, 0.25) is 0 Å². The maximum Gasteiger partial charge on any atom is 0.321 e. The second-order valence-electron chi connectivity index (χ2n) is 5.90. The number of ether oxygens (including phenoxy) is 1. The molecule has 2 N–H and O–H groups in total. The fraction of sp³-hybridized carbons (Fsp3) is 0.350. The lowest BCUT2D eigenvalue weighted by Crippen LogP contribution is -3.00. The van der Waals surface area contributed by atoms with Crippen molar-refractivity contribution in [1.82, 2.24) is 5.32 Å². The van der Waals surface area contributed by atoms with E-state index < -0.39 is 0 Å². The summed E-state index contributed by atoms with van der Waals surface area (Å²) in [6.45, 7) is 10.3. The maximum atomic E-state index is 12.0. The Bertz CT molecular complexity index is 701. The first-order valence-corrected chi connectivity index (χ1v) is 8.63. The second kappa shape index (κ2) is 10.6. The van der Waals surface area contributed by atoms with Gasteiger partial charge in [-0.3, -0.25) is 0 Å². The van der Waals surface area contributed by atoms with Gasteiger partial charge in [0.1, 0.15) is 5.75 Å². The molecule has 0 aliphatic carbocycles. The third-order valence-electron chi connectivity index (χ3n) is 4.08. The van der Waals surface area contributed by atoms with E-state index in [1.165, 1.54) is 5.56 Å². The average Bonchev–Trinajstić information content (AvgIpc) is 2.60. The highest BCUT2D eigenvalue weighted by molar-refractivity contribution is 5.90. The first-order chi connectivity index (χ1) is 12.0. The van der Waals surface area contributed by atoms with Crippen molar-refractivity contribution in [2.45, 2.75) is 27.7 Å². The fourth-order valence-corrected chi connectivity index (χ4v) is 2.56. The van der Waals surface area contributed by atoms with Crippen LogP contribution in [0.2, 0.25) is 0 Å². The number of benzene rings is 2. The molecule has 2 aromatic rings. The first-order valence-electron chi connectivity index (χ1n) is 8.63. The lowest BCUT2D eigenvalue weighted by molar-refractivity contribution is -0.00000929. The van der Waals surface area contributed by atoms with E-state index in [1.54, 1.807) is 0 Å². The summed E-state index contributed by atoms with van der Waals surface area (Å²) in [5.41, 5.74) is 4.15. The highest BCUT2D eigenvalue weighted by Gasteiger charge is 2.07. The van der Waals surface area contributed by atoms with Gasteiger partial charge in [0, 0.05) is 24.5 Å². The van der Waals surface area contributed by atoms with Gasteiger partial charge in [0.25, 0.3) is 0 Å². The molecule has 0 bridgehead atoms. The third kappa shape index (κ3) is 6.15. The molecule has 0 spiro atoms. The number of carbonyl (C=O) groups is 1. The molecule has 5 nitrogen and oxygen atoms in total. The summed E-state index contributed by atoms with van der Waals surface area (Å²) >= 11 is 0. The molecule has 0 atom stereocenters. The Labute approximate surface area is 162 Å². The number of aryl methyl sites for hydroxylation is 2. The number of carbonyl (C=O) groups excluding carboxylic acids is 1. The van der Waals surface area contributed by atoms with Crippen molar-refractivity contribution in [3.63, 3.8) is 0 Å². The molecule has 0 aliphatic rings. The van der Waals surface area contributed by atoms with E-state index in [2.05, 4.69) is 35.4 Å². The monoisotopic (exact) mass is 376 g/mol. The Morgan fingerprint density at radius 2 is 1.69 bits per heavy atom. The highest BCUT2D eigenvalue weighted by atomic mass is 35.5. The number of hydrogen-bond acceptors (Lipinski definition) is 3. The summed E-state index contributed by atoms with van der Waals surface area (Å²) in [5, 5.41) is 5.56. The van der Waals surface area contributed by atoms with Crippen LogP contribution in [0.4, 0.5) is 16.2 Å². The van der Waals surface area contributed by atoms with Gasteiger partial charge < -0.3 is 32.7 Å². The number of amides is 2. The van der Waals surface area contributed by atoms with Gasteiger partial charge in [-0.15, -0.1) is 0 Å². The number of hydrogen-bond donors (Lipinski definition) is 2. The molecule has 0 aliphatic heterocycles. The van der Waals surface area contributed by atoms with E-state index in [4.69, 9.17) is 4.74 Å². The van der Waals surface area contributed by atoms with Gasteiger partial charge in [-0.1, -0.05) is 17.7 Å². The van der Waals surface area contributed by atoms with E-state index >= 15 is 0 Å². The minimum atomic E-state index is -0.286. The van der Waals surface area contributed by atoms with Crippen molar-refractivity contribution in [2.24, 2.45) is 0 Å². The van der Waals surface area contributed by atoms with E-state index in [-0.39, 0.29) is 25.2 Å². The van der Waals surface area contributed by atoms with Crippen LogP contribution in [-0.2, 0) is 0 Å². The van der Waals surface area contributed by atoms with Crippen molar-refractivity contribution in [3.05, 3.63) is 53.6 Å². The Balaban J connectivity index is 0.00000338. The minimum absolute atomic E-state index is 0. The van der Waals surface area contributed by atoms with Gasteiger partial charge >= 0.3 is 6.03 Å². The lowest BCUT2D eigenvalue weighted by atomic mass is 10.1. The molecule has 0 unspecified atom stereocenters. The predicted octanol–water partition coefficient (Wildman–Crippen LogP) is 1.31. The first kappa shape index (κ1) is 21.6. The van der Waals surface area contributed by atoms with Crippen molar-refractivity contribution in [1.29, 1.82) is 0 Å². The molecular weight excluding hydrogens is 350 g/mol. The Kier molecular flexibility index (Phi) is 8.79. The van der Waals surface area contributed by atoms with E-state index in [9.17, 15) is 4.79 Å². The number of urea groups is 1. The number of rotatable bonds is 7. The number of nitrogens with zero attached hydrogens (tertiary/aromatic N) is 1. The quantitative estimate of drug-likeness (QED) is 0.716. The predicted molar refractivity (Wildman–Crippen MR) is 104 cm³/mol. The van der Waals surface area contributed by atoms with Crippen LogP contribution < -0.4 is 32.7 Å². The largest absolute Gasteiger partial charge is 1.00 e. The topological polar surface area (TPSA) is 53.6 Å². The number of nitrogens with one attached hydrogen (secondary N) is 2. The van der Waals surface area contributed by atoms with Gasteiger partial charge in [-0.05, 0) is 63.6 Å². The third-order valence-corrected chi connectivity index (χ3v) is 4.08. The molecular formula is C20H27ClN3O2-.